The van der Waals surface area contributed by atoms with Crippen LogP contribution >= 0.6 is 0 Å². The summed E-state index contributed by atoms with van der Waals surface area (Å²) in [4.78, 5) is 0. The van der Waals surface area contributed by atoms with Gasteiger partial charge in [-0.1, -0.05) is 59.2 Å². The molecular weight excluding hydrogens is 248 g/mol. The summed E-state index contributed by atoms with van der Waals surface area (Å²) in [5.74, 6) is 1.28. The minimum absolute atomic E-state index is 0.0394. The molecule has 0 amide bonds. The van der Waals surface area contributed by atoms with Gasteiger partial charge in [0.15, 0.2) is 0 Å². The molecular formula is C17H24N2O. The zero-order valence-corrected chi connectivity index (χ0v) is 13.5. The highest BCUT2D eigenvalue weighted by atomic mass is 16.4. The minimum atomic E-state index is -0.127. The summed E-state index contributed by atoms with van der Waals surface area (Å²) in [6, 6.07) is 6.37. The van der Waals surface area contributed by atoms with Crippen molar-refractivity contribution in [1.29, 1.82) is 0 Å². The van der Waals surface area contributed by atoms with Gasteiger partial charge in [-0.2, -0.15) is 0 Å². The predicted molar refractivity (Wildman–Crippen MR) is 81.9 cm³/mol. The van der Waals surface area contributed by atoms with Crippen molar-refractivity contribution in [3.8, 4) is 11.5 Å². The second kappa shape index (κ2) is 4.72. The van der Waals surface area contributed by atoms with Gasteiger partial charge in [-0.25, -0.2) is 0 Å². The highest BCUT2D eigenvalue weighted by molar-refractivity contribution is 5.61. The molecule has 0 atom stereocenters. The van der Waals surface area contributed by atoms with Crippen molar-refractivity contribution in [2.45, 2.75) is 59.3 Å². The van der Waals surface area contributed by atoms with Gasteiger partial charge in [-0.15, -0.1) is 10.2 Å². The SMILES string of the molecule is Cc1ccc(-c2nnc(C(C)(C)C)o2)c(C(C)(C)C)c1. The maximum Gasteiger partial charge on any atom is 0.248 e. The van der Waals surface area contributed by atoms with Crippen LogP contribution < -0.4 is 0 Å². The largest absolute Gasteiger partial charge is 0.420 e. The van der Waals surface area contributed by atoms with Crippen LogP contribution in [0.2, 0.25) is 0 Å². The Morgan fingerprint density at radius 2 is 1.55 bits per heavy atom. The Kier molecular flexibility index (Phi) is 3.49. The Labute approximate surface area is 121 Å². The Hall–Kier alpha value is -1.64. The molecule has 0 aliphatic rings. The summed E-state index contributed by atoms with van der Waals surface area (Å²) in [6.45, 7) is 14.9. The molecule has 20 heavy (non-hydrogen) atoms. The third-order valence-electron chi connectivity index (χ3n) is 3.28. The van der Waals surface area contributed by atoms with Crippen LogP contribution in [0.25, 0.3) is 11.5 Å². The number of aromatic nitrogens is 2. The van der Waals surface area contributed by atoms with Crippen molar-refractivity contribution < 1.29 is 4.42 Å². The molecule has 0 aliphatic carbocycles. The van der Waals surface area contributed by atoms with Gasteiger partial charge in [0.25, 0.3) is 0 Å². The molecule has 0 spiro atoms. The van der Waals surface area contributed by atoms with Gasteiger partial charge in [0.2, 0.25) is 11.8 Å². The highest BCUT2D eigenvalue weighted by Gasteiger charge is 2.25. The third-order valence-corrected chi connectivity index (χ3v) is 3.28. The van der Waals surface area contributed by atoms with Gasteiger partial charge >= 0.3 is 0 Å². The number of benzene rings is 1. The first kappa shape index (κ1) is 14.8. The molecule has 2 rings (SSSR count). The van der Waals surface area contributed by atoms with Gasteiger partial charge in [-0.3, -0.25) is 0 Å². The van der Waals surface area contributed by atoms with E-state index in [-0.39, 0.29) is 10.8 Å². The monoisotopic (exact) mass is 272 g/mol. The average molecular weight is 272 g/mol. The van der Waals surface area contributed by atoms with Crippen molar-refractivity contribution in [2.75, 3.05) is 0 Å². The first-order valence-electron chi connectivity index (χ1n) is 7.04. The fourth-order valence-corrected chi connectivity index (χ4v) is 2.10. The van der Waals surface area contributed by atoms with Crippen LogP contribution in [-0.4, -0.2) is 10.2 Å². The summed E-state index contributed by atoms with van der Waals surface area (Å²) >= 11 is 0. The molecule has 1 aromatic carbocycles. The van der Waals surface area contributed by atoms with E-state index in [1.165, 1.54) is 11.1 Å². The topological polar surface area (TPSA) is 38.9 Å². The lowest BCUT2D eigenvalue weighted by Gasteiger charge is -2.22. The fraction of sp³-hybridized carbons (Fsp3) is 0.529. The van der Waals surface area contributed by atoms with Gasteiger partial charge < -0.3 is 4.42 Å². The summed E-state index contributed by atoms with van der Waals surface area (Å²) < 4.78 is 5.89. The average Bonchev–Trinajstić information content (AvgIpc) is 2.76. The molecule has 0 aliphatic heterocycles. The molecule has 3 nitrogen and oxygen atoms in total. The van der Waals surface area contributed by atoms with Crippen LogP contribution in [0, 0.1) is 6.92 Å². The first-order chi connectivity index (χ1) is 9.09. The Morgan fingerprint density at radius 3 is 2.05 bits per heavy atom. The quantitative estimate of drug-likeness (QED) is 0.759. The molecule has 0 N–H and O–H groups in total. The van der Waals surface area contributed by atoms with Crippen LogP contribution in [0.1, 0.15) is 58.6 Å². The van der Waals surface area contributed by atoms with Crippen molar-refractivity contribution in [3.05, 3.63) is 35.2 Å². The Balaban J connectivity index is 2.56. The number of aryl methyl sites for hydroxylation is 1. The lowest BCUT2D eigenvalue weighted by atomic mass is 9.83. The van der Waals surface area contributed by atoms with E-state index < -0.39 is 0 Å². The van der Waals surface area contributed by atoms with Gasteiger partial charge in [0, 0.05) is 11.0 Å². The molecule has 1 aromatic heterocycles. The lowest BCUT2D eigenvalue weighted by molar-refractivity contribution is 0.398. The summed E-state index contributed by atoms with van der Waals surface area (Å²) in [6.07, 6.45) is 0. The van der Waals surface area contributed by atoms with E-state index in [9.17, 15) is 0 Å². The Bertz CT molecular complexity index is 613. The van der Waals surface area contributed by atoms with Crippen molar-refractivity contribution in [1.82, 2.24) is 10.2 Å². The number of hydrogen-bond donors (Lipinski definition) is 0. The lowest BCUT2D eigenvalue weighted by Crippen LogP contribution is -2.13. The van der Waals surface area contributed by atoms with E-state index >= 15 is 0 Å². The van der Waals surface area contributed by atoms with E-state index in [2.05, 4.69) is 76.9 Å². The zero-order chi connectivity index (χ0) is 15.1. The molecule has 108 valence electrons. The van der Waals surface area contributed by atoms with Crippen LogP contribution in [0.15, 0.2) is 22.6 Å². The molecule has 0 radical (unpaired) electrons. The number of rotatable bonds is 1. The van der Waals surface area contributed by atoms with E-state index in [1.807, 2.05) is 0 Å². The zero-order valence-electron chi connectivity index (χ0n) is 13.5. The van der Waals surface area contributed by atoms with Crippen molar-refractivity contribution in [2.24, 2.45) is 0 Å². The molecule has 0 fully saturated rings. The van der Waals surface area contributed by atoms with E-state index in [4.69, 9.17) is 4.42 Å². The fourth-order valence-electron chi connectivity index (χ4n) is 2.10. The molecule has 0 saturated carbocycles. The second-order valence-corrected chi connectivity index (χ2v) is 7.46. The molecule has 0 saturated heterocycles. The third kappa shape index (κ3) is 2.92. The van der Waals surface area contributed by atoms with Crippen LogP contribution in [0.3, 0.4) is 0 Å². The van der Waals surface area contributed by atoms with Gasteiger partial charge in [-0.05, 0) is 24.0 Å². The standard InChI is InChI=1S/C17H24N2O/c1-11-8-9-12(13(10-11)16(2,3)4)14-18-19-15(20-14)17(5,6)7/h8-10H,1-7H3. The summed E-state index contributed by atoms with van der Waals surface area (Å²) in [5, 5.41) is 8.43. The van der Waals surface area contributed by atoms with Crippen molar-refractivity contribution in [3.63, 3.8) is 0 Å². The predicted octanol–water partition coefficient (Wildman–Crippen LogP) is 4.64. The summed E-state index contributed by atoms with van der Waals surface area (Å²) in [5.41, 5.74) is 3.43. The highest BCUT2D eigenvalue weighted by Crippen LogP contribution is 2.34. The van der Waals surface area contributed by atoms with Crippen LogP contribution in [0.4, 0.5) is 0 Å². The molecule has 2 aromatic rings. The minimum Gasteiger partial charge on any atom is -0.420 e. The Morgan fingerprint density at radius 1 is 0.900 bits per heavy atom. The maximum absolute atomic E-state index is 5.89. The van der Waals surface area contributed by atoms with E-state index in [0.717, 1.165) is 5.56 Å². The van der Waals surface area contributed by atoms with Crippen LogP contribution in [-0.2, 0) is 10.8 Å². The molecule has 3 heteroatoms. The summed E-state index contributed by atoms with van der Waals surface area (Å²) in [7, 11) is 0. The normalized spacial score (nSPS) is 12.8. The smallest absolute Gasteiger partial charge is 0.248 e. The number of hydrogen-bond acceptors (Lipinski definition) is 3. The first-order valence-corrected chi connectivity index (χ1v) is 7.04. The van der Waals surface area contributed by atoms with Gasteiger partial charge in [0.1, 0.15) is 0 Å². The molecule has 1 heterocycles. The maximum atomic E-state index is 5.89. The van der Waals surface area contributed by atoms with E-state index in [1.54, 1.807) is 0 Å². The second-order valence-electron chi connectivity index (χ2n) is 7.46. The molecule has 0 unspecified atom stereocenters. The van der Waals surface area contributed by atoms with Crippen molar-refractivity contribution >= 4 is 0 Å². The number of nitrogens with zero attached hydrogens (tertiary/aromatic N) is 2. The van der Waals surface area contributed by atoms with E-state index in [0.29, 0.717) is 11.8 Å². The van der Waals surface area contributed by atoms with Gasteiger partial charge in [0.05, 0.1) is 0 Å². The van der Waals surface area contributed by atoms with Crippen LogP contribution in [0.5, 0.6) is 0 Å². The molecule has 0 bridgehead atoms.